The van der Waals surface area contributed by atoms with Crippen LogP contribution in [0.25, 0.3) is 0 Å². The molecule has 39 heavy (non-hydrogen) atoms. The molecule has 6 nitrogen and oxygen atoms in total. The van der Waals surface area contributed by atoms with Crippen molar-refractivity contribution in [1.29, 1.82) is 0 Å². The predicted octanol–water partition coefficient (Wildman–Crippen LogP) is 4.27. The minimum Gasteiger partial charge on any atom is -0.480 e. The molecule has 0 spiro atoms. The van der Waals surface area contributed by atoms with Gasteiger partial charge in [-0.05, 0) is 0 Å². The smallest absolute Gasteiger partial charge is 0.480 e. The van der Waals surface area contributed by atoms with Crippen molar-refractivity contribution in [1.82, 2.24) is 4.90 Å². The van der Waals surface area contributed by atoms with E-state index in [1.165, 1.54) is 20.8 Å². The number of hydrogen-bond donors (Lipinski definition) is 2. The van der Waals surface area contributed by atoms with E-state index in [9.17, 15) is 14.4 Å². The average Bonchev–Trinajstić information content (AvgIpc) is 3.24. The van der Waals surface area contributed by atoms with Crippen LogP contribution in [0.3, 0.4) is 0 Å². The molecule has 0 bridgehead atoms. The number of amides is 2. The van der Waals surface area contributed by atoms with E-state index in [2.05, 4.69) is 88.3 Å². The topological polar surface area (TPSA) is 101 Å². The summed E-state index contributed by atoms with van der Waals surface area (Å²) in [6.07, 6.45) is 3.47. The third-order valence-corrected chi connectivity index (χ3v) is 18.7. The fourth-order valence-electron chi connectivity index (χ4n) is 5.22. The summed E-state index contributed by atoms with van der Waals surface area (Å²) in [5.41, 5.74) is 5.56. The number of nitrogens with zero attached hydrogens (tertiary/aromatic N) is 1. The van der Waals surface area contributed by atoms with Crippen LogP contribution in [0.15, 0.2) is 91.0 Å². The molecule has 0 radical (unpaired) electrons. The molecule has 1 aliphatic rings. The van der Waals surface area contributed by atoms with E-state index in [-0.39, 0.29) is 24.0 Å². The van der Waals surface area contributed by atoms with Crippen molar-refractivity contribution in [2.45, 2.75) is 37.0 Å². The first-order valence-electron chi connectivity index (χ1n) is 13.1. The number of unbranched alkanes of at least 4 members (excludes halogenated alkanes) is 2. The molecular weight excluding hydrogens is 595 g/mol. The third-order valence-electron chi connectivity index (χ3n) is 7.34. The van der Waals surface area contributed by atoms with E-state index in [1.54, 1.807) is 0 Å². The zero-order chi connectivity index (χ0) is 27.9. The van der Waals surface area contributed by atoms with Gasteiger partial charge in [0, 0.05) is 0 Å². The van der Waals surface area contributed by atoms with Crippen LogP contribution in [0, 0.1) is 0 Å². The Kier molecular flexibility index (Phi) is 9.65. The molecule has 3 aromatic rings. The molecule has 1 fully saturated rings. The van der Waals surface area contributed by atoms with Crippen molar-refractivity contribution in [3.8, 4) is 0 Å². The van der Waals surface area contributed by atoms with Gasteiger partial charge in [0.1, 0.15) is 0 Å². The van der Waals surface area contributed by atoms with Crippen molar-refractivity contribution in [3.05, 3.63) is 91.0 Å². The van der Waals surface area contributed by atoms with Gasteiger partial charge in [0.05, 0.1) is 0 Å². The molecule has 0 saturated carbocycles. The van der Waals surface area contributed by atoms with Crippen molar-refractivity contribution >= 4 is 66.3 Å². The fourth-order valence-corrected chi connectivity index (χ4v) is 14.1. The number of hydrogen-bond acceptors (Lipinski definition) is 5. The molecule has 206 valence electrons. The Bertz CT molecular complexity index is 1200. The number of carboxylic acid groups (broad SMARTS) is 1. The van der Waals surface area contributed by atoms with E-state index < -0.39 is 22.6 Å². The maximum absolute atomic E-state index is 12.8. The van der Waals surface area contributed by atoms with Gasteiger partial charge in [-0.1, -0.05) is 0 Å². The van der Waals surface area contributed by atoms with E-state index in [0.717, 1.165) is 30.8 Å². The Balaban J connectivity index is 1.48. The number of likely N-dealkylation sites (tertiary alicyclic amines) is 1. The van der Waals surface area contributed by atoms with E-state index >= 15 is 0 Å². The number of aliphatic carboxylic acids is 1. The Labute approximate surface area is 242 Å². The van der Waals surface area contributed by atoms with Crippen LogP contribution in [-0.2, 0) is 14.4 Å². The molecule has 1 aliphatic heterocycles. The first-order valence-corrected chi connectivity index (χ1v) is 18.6. The summed E-state index contributed by atoms with van der Waals surface area (Å²) in [4.78, 5) is 37.7. The first kappa shape index (κ1) is 29.5. The molecule has 1 saturated heterocycles. The van der Waals surface area contributed by atoms with Gasteiger partial charge in [-0.25, -0.2) is 0 Å². The second kappa shape index (κ2) is 12.8. The Hall–Kier alpha value is -2.51. The van der Waals surface area contributed by atoms with Gasteiger partial charge >= 0.3 is 233 Å². The van der Waals surface area contributed by atoms with Crippen LogP contribution in [0.5, 0.6) is 0 Å². The van der Waals surface area contributed by atoms with E-state index in [1.807, 2.05) is 18.2 Å². The molecule has 2 atom stereocenters. The SMILES string of the molecule is NC(CSC1CC(=O)N(CCCCCP(Br)(c2ccccc2)(c2ccccc2)c2ccccc2)C1=O)C(=O)O. The molecule has 0 aromatic heterocycles. The van der Waals surface area contributed by atoms with Gasteiger partial charge in [0.15, 0.2) is 0 Å². The fraction of sp³-hybridized carbons (Fsp3) is 0.300. The molecule has 9 heteroatoms. The summed E-state index contributed by atoms with van der Waals surface area (Å²) in [6.45, 7) is 0.375. The van der Waals surface area contributed by atoms with Crippen LogP contribution in [-0.4, -0.2) is 57.5 Å². The van der Waals surface area contributed by atoms with E-state index in [0.29, 0.717) is 13.0 Å². The van der Waals surface area contributed by atoms with Crippen LogP contribution in [0.1, 0.15) is 25.7 Å². The minimum absolute atomic E-state index is 0.101. The quantitative estimate of drug-likeness (QED) is 0.167. The molecule has 1 heterocycles. The van der Waals surface area contributed by atoms with Gasteiger partial charge in [-0.2, -0.15) is 0 Å². The monoisotopic (exact) mass is 628 g/mol. The molecule has 4 rings (SSSR count). The second-order valence-corrected chi connectivity index (χ2v) is 20.1. The molecular formula is C30H34BrN2O4PS. The number of thioether (sulfide) groups is 1. The van der Waals surface area contributed by atoms with Gasteiger partial charge in [-0.3, -0.25) is 4.79 Å². The number of imide groups is 1. The molecule has 0 aliphatic carbocycles. The second-order valence-electron chi connectivity index (χ2n) is 9.83. The zero-order valence-corrected chi connectivity index (χ0v) is 25.0. The number of carbonyl (C=O) groups excluding carboxylic acids is 2. The number of carbonyl (C=O) groups is 3. The van der Waals surface area contributed by atoms with Crippen molar-refractivity contribution in [2.75, 3.05) is 18.5 Å². The Morgan fingerprint density at radius 3 is 1.85 bits per heavy atom. The summed E-state index contributed by atoms with van der Waals surface area (Å²) >= 11 is 5.62. The average molecular weight is 630 g/mol. The summed E-state index contributed by atoms with van der Waals surface area (Å²) in [7, 11) is 0. The van der Waals surface area contributed by atoms with Gasteiger partial charge in [0.25, 0.3) is 0 Å². The summed E-state index contributed by atoms with van der Waals surface area (Å²) < 4.78 is 0. The van der Waals surface area contributed by atoms with Gasteiger partial charge in [0.2, 0.25) is 0 Å². The first-order chi connectivity index (χ1) is 18.7. The van der Waals surface area contributed by atoms with Crippen molar-refractivity contribution < 1.29 is 19.5 Å². The molecule has 2 unspecified atom stereocenters. The Morgan fingerprint density at radius 2 is 1.38 bits per heavy atom. The van der Waals surface area contributed by atoms with Gasteiger partial charge < -0.3 is 5.11 Å². The molecule has 3 N–H and O–H groups in total. The summed E-state index contributed by atoms with van der Waals surface area (Å²) in [5, 5.41) is 9.25. The van der Waals surface area contributed by atoms with Gasteiger partial charge in [-0.15, -0.1) is 0 Å². The normalized spacial score (nSPS) is 17.5. The number of benzene rings is 3. The standard InChI is InChI=1S/C30H34BrN2O4PS/c31-38(23-13-5-1-6-14-23,24-15-7-2-8-16-24,25-17-9-3-10-18-25)20-12-4-11-19-33-28(34)21-27(29(33)35)39-22-26(32)30(36)37/h1-3,5-10,13-18,26-27H,4,11-12,19-22,32H2,(H,36,37). The van der Waals surface area contributed by atoms with Crippen LogP contribution >= 0.6 is 32.6 Å². The zero-order valence-electron chi connectivity index (χ0n) is 21.7. The third kappa shape index (κ3) is 6.14. The van der Waals surface area contributed by atoms with Crippen molar-refractivity contribution in [3.63, 3.8) is 0 Å². The maximum atomic E-state index is 12.8. The number of rotatable bonds is 13. The number of nitrogens with two attached hydrogens (primary N) is 1. The van der Waals surface area contributed by atoms with Crippen LogP contribution in [0.4, 0.5) is 0 Å². The van der Waals surface area contributed by atoms with E-state index in [4.69, 9.17) is 10.8 Å². The number of halogens is 1. The molecule has 2 amide bonds. The van der Waals surface area contributed by atoms with Crippen molar-refractivity contribution in [2.24, 2.45) is 5.73 Å². The summed E-state index contributed by atoms with van der Waals surface area (Å²) in [6, 6.07) is 30.9. The summed E-state index contributed by atoms with van der Waals surface area (Å²) in [5.74, 6) is -1.44. The number of carboxylic acids is 1. The predicted molar refractivity (Wildman–Crippen MR) is 166 cm³/mol. The Morgan fingerprint density at radius 1 is 0.897 bits per heavy atom. The molecule has 3 aromatic carbocycles. The van der Waals surface area contributed by atoms with Crippen LogP contribution < -0.4 is 21.6 Å². The minimum atomic E-state index is -2.99. The van der Waals surface area contributed by atoms with Crippen LogP contribution in [0.2, 0.25) is 0 Å².